The van der Waals surface area contributed by atoms with Crippen LogP contribution < -0.4 is 4.74 Å². The number of aliphatic hydroxyl groups is 1. The highest BCUT2D eigenvalue weighted by Gasteiger charge is 2.19. The van der Waals surface area contributed by atoms with Crippen molar-refractivity contribution in [2.45, 2.75) is 25.6 Å². The Morgan fingerprint density at radius 1 is 0.839 bits per heavy atom. The second-order valence-electron chi connectivity index (χ2n) is 7.92. The molecule has 0 fully saturated rings. The van der Waals surface area contributed by atoms with Gasteiger partial charge in [-0.05, 0) is 35.7 Å². The number of hydrogen-bond donors (Lipinski definition) is 1. The molecule has 3 aromatic carbocycles. The molecule has 0 spiro atoms. The zero-order chi connectivity index (χ0) is 21.5. The summed E-state index contributed by atoms with van der Waals surface area (Å²) in [5, 5.41) is 10.9. The minimum Gasteiger partial charge on any atom is -0.496 e. The first-order valence-electron chi connectivity index (χ1n) is 10.8. The van der Waals surface area contributed by atoms with E-state index in [9.17, 15) is 5.11 Å². The molecule has 0 unspecified atom stereocenters. The molecule has 0 aliphatic carbocycles. The SMILES string of the molecule is COc1cccc2c1ccn2[C@H](CCO)CN(Cc1ccccc1)Cc1ccccc1. The molecule has 0 bridgehead atoms. The zero-order valence-corrected chi connectivity index (χ0v) is 18.0. The summed E-state index contributed by atoms with van der Waals surface area (Å²) >= 11 is 0. The molecule has 1 N–H and O–H groups in total. The van der Waals surface area contributed by atoms with E-state index < -0.39 is 0 Å². The van der Waals surface area contributed by atoms with Gasteiger partial charge >= 0.3 is 0 Å². The number of benzene rings is 3. The van der Waals surface area contributed by atoms with Crippen LogP contribution in [0.1, 0.15) is 23.6 Å². The van der Waals surface area contributed by atoms with Crippen LogP contribution in [0.2, 0.25) is 0 Å². The predicted molar refractivity (Wildman–Crippen MR) is 126 cm³/mol. The van der Waals surface area contributed by atoms with E-state index in [0.717, 1.165) is 36.3 Å². The molecule has 1 aromatic heterocycles. The number of rotatable bonds is 10. The van der Waals surface area contributed by atoms with Gasteiger partial charge in [0.2, 0.25) is 0 Å². The molecule has 4 heteroatoms. The van der Waals surface area contributed by atoms with Gasteiger partial charge in [-0.3, -0.25) is 4.90 Å². The van der Waals surface area contributed by atoms with E-state index in [0.29, 0.717) is 6.42 Å². The van der Waals surface area contributed by atoms with Crippen LogP contribution in [0.5, 0.6) is 5.75 Å². The second kappa shape index (κ2) is 10.3. The molecular formula is C27H30N2O2. The van der Waals surface area contributed by atoms with Gasteiger partial charge in [-0.25, -0.2) is 0 Å². The van der Waals surface area contributed by atoms with Crippen LogP contribution >= 0.6 is 0 Å². The zero-order valence-electron chi connectivity index (χ0n) is 18.0. The first-order valence-corrected chi connectivity index (χ1v) is 10.8. The van der Waals surface area contributed by atoms with Crippen LogP contribution in [0.15, 0.2) is 91.1 Å². The van der Waals surface area contributed by atoms with Crippen molar-refractivity contribution in [2.24, 2.45) is 0 Å². The highest BCUT2D eigenvalue weighted by Crippen LogP contribution is 2.30. The van der Waals surface area contributed by atoms with E-state index in [1.807, 2.05) is 12.1 Å². The van der Waals surface area contributed by atoms with Crippen molar-refractivity contribution in [3.63, 3.8) is 0 Å². The van der Waals surface area contributed by atoms with E-state index in [1.165, 1.54) is 11.1 Å². The fourth-order valence-corrected chi connectivity index (χ4v) is 4.29. The molecule has 0 aliphatic rings. The number of fused-ring (bicyclic) bond motifs is 1. The minimum atomic E-state index is 0.152. The number of ether oxygens (including phenoxy) is 1. The fourth-order valence-electron chi connectivity index (χ4n) is 4.29. The van der Waals surface area contributed by atoms with E-state index in [-0.39, 0.29) is 12.6 Å². The Hall–Kier alpha value is -3.08. The minimum absolute atomic E-state index is 0.152. The molecule has 4 aromatic rings. The molecule has 0 saturated heterocycles. The molecule has 0 aliphatic heterocycles. The van der Waals surface area contributed by atoms with Crippen LogP contribution in [0.25, 0.3) is 10.9 Å². The van der Waals surface area contributed by atoms with Gasteiger partial charge in [-0.1, -0.05) is 66.7 Å². The Balaban J connectivity index is 1.63. The second-order valence-corrected chi connectivity index (χ2v) is 7.92. The van der Waals surface area contributed by atoms with Gasteiger partial charge in [-0.15, -0.1) is 0 Å². The fraction of sp³-hybridized carbons (Fsp3) is 0.259. The molecule has 1 atom stereocenters. The van der Waals surface area contributed by atoms with Crippen LogP contribution in [-0.4, -0.2) is 34.8 Å². The average molecular weight is 415 g/mol. The normalized spacial score (nSPS) is 12.4. The van der Waals surface area contributed by atoms with Gasteiger partial charge in [0.1, 0.15) is 5.75 Å². The van der Waals surface area contributed by atoms with Crippen molar-refractivity contribution in [3.05, 3.63) is 102 Å². The first-order chi connectivity index (χ1) is 15.3. The van der Waals surface area contributed by atoms with Crippen LogP contribution in [0, 0.1) is 0 Å². The van der Waals surface area contributed by atoms with Gasteiger partial charge in [0, 0.05) is 43.9 Å². The molecular weight excluding hydrogens is 384 g/mol. The Morgan fingerprint density at radius 3 is 2.06 bits per heavy atom. The summed E-state index contributed by atoms with van der Waals surface area (Å²) in [7, 11) is 1.71. The molecule has 160 valence electrons. The van der Waals surface area contributed by atoms with Crippen LogP contribution in [-0.2, 0) is 13.1 Å². The maximum atomic E-state index is 9.84. The van der Waals surface area contributed by atoms with Crippen molar-refractivity contribution in [2.75, 3.05) is 20.3 Å². The van der Waals surface area contributed by atoms with Gasteiger partial charge in [0.15, 0.2) is 0 Å². The first kappa shape index (κ1) is 21.2. The molecule has 4 rings (SSSR count). The summed E-state index contributed by atoms with van der Waals surface area (Å²) in [5.74, 6) is 0.879. The van der Waals surface area contributed by atoms with Gasteiger partial charge in [0.25, 0.3) is 0 Å². The lowest BCUT2D eigenvalue weighted by Crippen LogP contribution is -2.30. The summed E-state index contributed by atoms with van der Waals surface area (Å²) < 4.78 is 7.84. The molecule has 4 nitrogen and oxygen atoms in total. The highest BCUT2D eigenvalue weighted by atomic mass is 16.5. The standard InChI is InChI=1S/C27H30N2O2/c1-31-27-14-8-13-26-25(27)15-17-29(26)24(16-18-30)21-28(19-22-9-4-2-5-10-22)20-23-11-6-3-7-12-23/h2-15,17,24,30H,16,18-21H2,1H3/t24-/m1/s1. The quantitative estimate of drug-likeness (QED) is 0.384. The van der Waals surface area contributed by atoms with Crippen LogP contribution in [0.4, 0.5) is 0 Å². The smallest absolute Gasteiger partial charge is 0.128 e. The number of hydrogen-bond acceptors (Lipinski definition) is 3. The van der Waals surface area contributed by atoms with Crippen molar-refractivity contribution in [1.29, 1.82) is 0 Å². The van der Waals surface area contributed by atoms with E-state index in [2.05, 4.69) is 88.5 Å². The van der Waals surface area contributed by atoms with Crippen LogP contribution in [0.3, 0.4) is 0 Å². The van der Waals surface area contributed by atoms with Gasteiger partial charge in [0.05, 0.1) is 12.6 Å². The number of nitrogens with zero attached hydrogens (tertiary/aromatic N) is 2. The Bertz CT molecular complexity index is 1030. The van der Waals surface area contributed by atoms with Gasteiger partial charge in [-0.2, -0.15) is 0 Å². The van der Waals surface area contributed by atoms with Crippen molar-refractivity contribution < 1.29 is 9.84 Å². The molecule has 0 amide bonds. The number of aromatic nitrogens is 1. The molecule has 0 radical (unpaired) electrons. The Labute approximate surface area is 184 Å². The third kappa shape index (κ3) is 5.16. The summed E-state index contributed by atoms with van der Waals surface area (Å²) in [5.41, 5.74) is 3.72. The summed E-state index contributed by atoms with van der Waals surface area (Å²) in [6.07, 6.45) is 2.82. The van der Waals surface area contributed by atoms with Crippen molar-refractivity contribution >= 4 is 10.9 Å². The van der Waals surface area contributed by atoms with Gasteiger partial charge < -0.3 is 14.4 Å². The van der Waals surface area contributed by atoms with E-state index in [4.69, 9.17) is 4.74 Å². The topological polar surface area (TPSA) is 37.6 Å². The maximum Gasteiger partial charge on any atom is 0.128 e. The van der Waals surface area contributed by atoms with E-state index in [1.54, 1.807) is 7.11 Å². The Morgan fingerprint density at radius 2 is 1.48 bits per heavy atom. The average Bonchev–Trinajstić information content (AvgIpc) is 3.24. The lowest BCUT2D eigenvalue weighted by molar-refractivity contribution is 0.187. The third-order valence-electron chi connectivity index (χ3n) is 5.77. The Kier molecular flexibility index (Phi) is 7.03. The monoisotopic (exact) mass is 414 g/mol. The largest absolute Gasteiger partial charge is 0.496 e. The highest BCUT2D eigenvalue weighted by molar-refractivity contribution is 5.86. The van der Waals surface area contributed by atoms with Crippen molar-refractivity contribution in [3.8, 4) is 5.75 Å². The maximum absolute atomic E-state index is 9.84. The summed E-state index contributed by atoms with van der Waals surface area (Å²) in [6, 6.07) is 29.6. The summed E-state index contributed by atoms with van der Waals surface area (Å²) in [4.78, 5) is 2.47. The lowest BCUT2D eigenvalue weighted by Gasteiger charge is -2.29. The lowest BCUT2D eigenvalue weighted by atomic mass is 10.1. The number of aliphatic hydroxyl groups excluding tert-OH is 1. The number of methoxy groups -OCH3 is 1. The molecule has 31 heavy (non-hydrogen) atoms. The third-order valence-corrected chi connectivity index (χ3v) is 5.77. The predicted octanol–water partition coefficient (Wildman–Crippen LogP) is 5.28. The molecule has 0 saturated carbocycles. The summed E-state index contributed by atoms with van der Waals surface area (Å²) in [6.45, 7) is 2.71. The van der Waals surface area contributed by atoms with Crippen molar-refractivity contribution in [1.82, 2.24) is 9.47 Å². The van der Waals surface area contributed by atoms with E-state index >= 15 is 0 Å². The molecule has 1 heterocycles.